The van der Waals surface area contributed by atoms with Gasteiger partial charge < -0.3 is 14.7 Å². The van der Waals surface area contributed by atoms with Crippen molar-refractivity contribution in [3.8, 4) is 0 Å². The summed E-state index contributed by atoms with van der Waals surface area (Å²) in [5.41, 5.74) is 2.07. The van der Waals surface area contributed by atoms with Crippen LogP contribution >= 0.6 is 45.9 Å². The fourth-order valence-electron chi connectivity index (χ4n) is 4.78. The van der Waals surface area contributed by atoms with E-state index in [1.165, 1.54) is 22.7 Å². The molecule has 0 aromatic carbocycles. The van der Waals surface area contributed by atoms with Gasteiger partial charge in [0.25, 0.3) is 11.8 Å². The number of aromatic nitrogens is 3. The first-order valence-electron chi connectivity index (χ1n) is 11.8. The minimum Gasteiger partial charge on any atom is -0.365 e. The molecule has 3 aromatic heterocycles. The maximum atomic E-state index is 13.1. The third-order valence-electron chi connectivity index (χ3n) is 6.68. The molecule has 190 valence electrons. The molecule has 12 heteroatoms. The number of hydrogen-bond donors (Lipinski definition) is 0. The van der Waals surface area contributed by atoms with Crippen molar-refractivity contribution in [2.24, 2.45) is 0 Å². The maximum absolute atomic E-state index is 13.1. The molecule has 0 bridgehead atoms. The molecule has 0 unspecified atom stereocenters. The van der Waals surface area contributed by atoms with Gasteiger partial charge in [0.2, 0.25) is 0 Å². The highest BCUT2D eigenvalue weighted by atomic mass is 35.5. The Hall–Kier alpha value is -2.27. The van der Waals surface area contributed by atoms with Gasteiger partial charge >= 0.3 is 0 Å². The fraction of sp³-hybridized carbons (Fsp3) is 0.458. The van der Waals surface area contributed by atoms with Gasteiger partial charge in [0, 0.05) is 63.0 Å². The Kier molecular flexibility index (Phi) is 7.48. The molecule has 36 heavy (non-hydrogen) atoms. The van der Waals surface area contributed by atoms with Gasteiger partial charge in [-0.3, -0.25) is 14.6 Å². The van der Waals surface area contributed by atoms with E-state index in [0.717, 1.165) is 39.1 Å². The van der Waals surface area contributed by atoms with Crippen molar-refractivity contribution in [1.82, 2.24) is 24.8 Å². The van der Waals surface area contributed by atoms with Crippen molar-refractivity contribution in [1.29, 1.82) is 0 Å². The van der Waals surface area contributed by atoms with Gasteiger partial charge in [0.15, 0.2) is 0 Å². The number of thiazole rings is 2. The smallest absolute Gasteiger partial charge is 0.273 e. The molecule has 8 nitrogen and oxygen atoms in total. The third-order valence-corrected chi connectivity index (χ3v) is 9.30. The van der Waals surface area contributed by atoms with E-state index in [1.807, 2.05) is 29.0 Å². The summed E-state index contributed by atoms with van der Waals surface area (Å²) in [6.45, 7) is 7.59. The Morgan fingerprint density at radius 1 is 0.917 bits per heavy atom. The minimum absolute atomic E-state index is 0.0484. The molecular weight excluding hydrogens is 539 g/mol. The van der Waals surface area contributed by atoms with E-state index in [-0.39, 0.29) is 17.7 Å². The van der Waals surface area contributed by atoms with Crippen molar-refractivity contribution in [3.63, 3.8) is 0 Å². The van der Waals surface area contributed by atoms with Crippen molar-refractivity contribution in [3.05, 3.63) is 54.1 Å². The molecule has 3 aromatic rings. The minimum atomic E-state index is -0.0484. The summed E-state index contributed by atoms with van der Waals surface area (Å²) in [6.07, 6.45) is 4.85. The quantitative estimate of drug-likeness (QED) is 0.448. The average molecular weight is 566 g/mol. The summed E-state index contributed by atoms with van der Waals surface area (Å²) in [6, 6.07) is 0. The molecule has 0 saturated carbocycles. The number of halogens is 2. The molecule has 0 radical (unpaired) electrons. The largest absolute Gasteiger partial charge is 0.365 e. The molecule has 2 amide bonds. The lowest BCUT2D eigenvalue weighted by molar-refractivity contribution is 0.0716. The van der Waals surface area contributed by atoms with Gasteiger partial charge in [-0.15, -0.1) is 22.7 Å². The molecule has 0 atom stereocenters. The highest BCUT2D eigenvalue weighted by molar-refractivity contribution is 7.13. The second-order valence-electron chi connectivity index (χ2n) is 9.02. The summed E-state index contributed by atoms with van der Waals surface area (Å²) in [7, 11) is 0. The van der Waals surface area contributed by atoms with Gasteiger partial charge in [-0.1, -0.05) is 23.2 Å². The predicted molar refractivity (Wildman–Crippen MR) is 144 cm³/mol. The number of nitrogens with zero attached hydrogens (tertiary/aromatic N) is 6. The normalized spacial score (nSPS) is 17.1. The zero-order valence-electron chi connectivity index (χ0n) is 20.0. The van der Waals surface area contributed by atoms with Crippen LogP contribution in [-0.4, -0.2) is 75.8 Å². The number of pyridine rings is 1. The average Bonchev–Trinajstić information content (AvgIpc) is 3.50. The molecule has 2 aliphatic heterocycles. The standard InChI is InChI=1S/C24H26Cl2N6O2S2/c1-14-21(36-15(2)28-14)24(34)31-5-3-16(4-6-31)22-29-19(13-35-22)23(33)32-9-7-30(8-10-32)20-17(25)11-27-12-18(20)26/h11-13,16H,3-10H2,1-2H3. The molecule has 0 N–H and O–H groups in total. The number of piperazine rings is 1. The van der Waals surface area contributed by atoms with Crippen molar-refractivity contribution in [2.75, 3.05) is 44.2 Å². The first-order chi connectivity index (χ1) is 17.3. The van der Waals surface area contributed by atoms with E-state index < -0.39 is 0 Å². The number of carbonyl (C=O) groups is 2. The van der Waals surface area contributed by atoms with Gasteiger partial charge in [-0.05, 0) is 26.7 Å². The number of hydrogen-bond acceptors (Lipinski definition) is 8. The van der Waals surface area contributed by atoms with Crippen LogP contribution in [0.1, 0.15) is 54.6 Å². The highest BCUT2D eigenvalue weighted by Crippen LogP contribution is 2.34. The van der Waals surface area contributed by atoms with Crippen LogP contribution in [0, 0.1) is 13.8 Å². The number of carbonyl (C=O) groups excluding carboxylic acids is 2. The zero-order valence-corrected chi connectivity index (χ0v) is 23.2. The van der Waals surface area contributed by atoms with E-state index >= 15 is 0 Å². The Labute approximate surface area is 227 Å². The first-order valence-corrected chi connectivity index (χ1v) is 14.3. The zero-order chi connectivity index (χ0) is 25.4. The summed E-state index contributed by atoms with van der Waals surface area (Å²) < 4.78 is 0. The molecular formula is C24H26Cl2N6O2S2. The lowest BCUT2D eigenvalue weighted by atomic mass is 9.97. The van der Waals surface area contributed by atoms with Crippen LogP contribution in [0.3, 0.4) is 0 Å². The van der Waals surface area contributed by atoms with Crippen LogP contribution < -0.4 is 4.90 Å². The van der Waals surface area contributed by atoms with Crippen molar-refractivity contribution < 1.29 is 9.59 Å². The fourth-order valence-corrected chi connectivity index (χ4v) is 7.23. The second kappa shape index (κ2) is 10.6. The van der Waals surface area contributed by atoms with Gasteiger partial charge in [-0.2, -0.15) is 0 Å². The van der Waals surface area contributed by atoms with Crippen LogP contribution in [0.25, 0.3) is 0 Å². The SMILES string of the molecule is Cc1nc(C)c(C(=O)N2CCC(c3nc(C(=O)N4CCN(c5c(Cl)cncc5Cl)CC4)cs3)CC2)s1. The summed E-state index contributed by atoms with van der Waals surface area (Å²) in [4.78, 5) is 45.7. The van der Waals surface area contributed by atoms with Crippen LogP contribution in [0.2, 0.25) is 10.0 Å². The number of rotatable bonds is 4. The number of amides is 2. The number of anilines is 1. The summed E-state index contributed by atoms with van der Waals surface area (Å²) in [5.74, 6) is 0.283. The Balaban J connectivity index is 1.16. The molecule has 5 heterocycles. The molecule has 0 aliphatic carbocycles. The predicted octanol–water partition coefficient (Wildman–Crippen LogP) is 4.90. The van der Waals surface area contributed by atoms with Gasteiger partial charge in [0.05, 0.1) is 31.4 Å². The Bertz CT molecular complexity index is 1260. The summed E-state index contributed by atoms with van der Waals surface area (Å²) in [5, 5.41) is 4.77. The first kappa shape index (κ1) is 25.4. The topological polar surface area (TPSA) is 82.5 Å². The van der Waals surface area contributed by atoms with Crippen molar-refractivity contribution in [2.45, 2.75) is 32.6 Å². The van der Waals surface area contributed by atoms with Gasteiger partial charge in [-0.25, -0.2) is 9.97 Å². The van der Waals surface area contributed by atoms with Crippen LogP contribution in [0.5, 0.6) is 0 Å². The van der Waals surface area contributed by atoms with Crippen LogP contribution in [0.15, 0.2) is 17.8 Å². The second-order valence-corrected chi connectivity index (χ2v) is 11.9. The van der Waals surface area contributed by atoms with E-state index in [2.05, 4.69) is 14.9 Å². The van der Waals surface area contributed by atoms with E-state index in [4.69, 9.17) is 28.2 Å². The monoisotopic (exact) mass is 564 g/mol. The lowest BCUT2D eigenvalue weighted by Crippen LogP contribution is -2.49. The Morgan fingerprint density at radius 3 is 2.17 bits per heavy atom. The van der Waals surface area contributed by atoms with E-state index in [0.29, 0.717) is 55.0 Å². The van der Waals surface area contributed by atoms with Crippen LogP contribution in [0.4, 0.5) is 5.69 Å². The molecule has 2 aliphatic rings. The van der Waals surface area contributed by atoms with Crippen molar-refractivity contribution >= 4 is 63.4 Å². The number of likely N-dealkylation sites (tertiary alicyclic amines) is 1. The maximum Gasteiger partial charge on any atom is 0.273 e. The molecule has 0 spiro atoms. The van der Waals surface area contributed by atoms with E-state index in [1.54, 1.807) is 12.4 Å². The number of aryl methyl sites for hydroxylation is 2. The Morgan fingerprint density at radius 2 is 1.56 bits per heavy atom. The highest BCUT2D eigenvalue weighted by Gasteiger charge is 2.30. The molecule has 2 saturated heterocycles. The molecule has 2 fully saturated rings. The lowest BCUT2D eigenvalue weighted by Gasteiger charge is -2.36. The number of piperidine rings is 1. The third kappa shape index (κ3) is 5.09. The summed E-state index contributed by atoms with van der Waals surface area (Å²) >= 11 is 15.6. The van der Waals surface area contributed by atoms with Crippen LogP contribution in [-0.2, 0) is 0 Å². The van der Waals surface area contributed by atoms with Gasteiger partial charge in [0.1, 0.15) is 10.6 Å². The molecule has 5 rings (SSSR count). The van der Waals surface area contributed by atoms with E-state index in [9.17, 15) is 9.59 Å².